The van der Waals surface area contributed by atoms with Gasteiger partial charge in [0.1, 0.15) is 12.4 Å². The highest BCUT2D eigenvalue weighted by Gasteiger charge is 2.10. The van der Waals surface area contributed by atoms with E-state index in [9.17, 15) is 14.5 Å². The van der Waals surface area contributed by atoms with Crippen LogP contribution in [-0.2, 0) is 6.67 Å². The molecule has 1 rings (SSSR count). The van der Waals surface area contributed by atoms with Crippen LogP contribution in [0.2, 0.25) is 0 Å². The van der Waals surface area contributed by atoms with Crippen molar-refractivity contribution < 1.29 is 9.31 Å². The van der Waals surface area contributed by atoms with Crippen molar-refractivity contribution in [1.29, 1.82) is 0 Å². The molecule has 0 amide bonds. The predicted molar refractivity (Wildman–Crippen MR) is 42.3 cm³/mol. The fourth-order valence-corrected chi connectivity index (χ4v) is 0.830. The van der Waals surface area contributed by atoms with Crippen LogP contribution in [-0.4, -0.2) is 4.92 Å². The minimum atomic E-state index is -0.721. The number of benzene rings is 1. The quantitative estimate of drug-likeness (QED) is 0.416. The SMILES string of the molecule is Nc1ccc(CF)cc1[N+](=O)[O-]. The highest BCUT2D eigenvalue weighted by Crippen LogP contribution is 2.22. The highest BCUT2D eigenvalue weighted by atomic mass is 19.1. The molecule has 5 heteroatoms. The second-order valence-electron chi connectivity index (χ2n) is 2.28. The number of hydrogen-bond donors (Lipinski definition) is 1. The van der Waals surface area contributed by atoms with E-state index in [1.54, 1.807) is 0 Å². The standard InChI is InChI=1S/C7H7FN2O2/c8-4-5-1-2-6(9)7(3-5)10(11)12/h1-3H,4,9H2. The van der Waals surface area contributed by atoms with Gasteiger partial charge in [0.05, 0.1) is 4.92 Å². The van der Waals surface area contributed by atoms with Crippen molar-refractivity contribution >= 4 is 11.4 Å². The van der Waals surface area contributed by atoms with Crippen LogP contribution < -0.4 is 5.73 Å². The fraction of sp³-hybridized carbons (Fsp3) is 0.143. The molecule has 64 valence electrons. The van der Waals surface area contributed by atoms with Gasteiger partial charge in [-0.25, -0.2) is 4.39 Å². The van der Waals surface area contributed by atoms with Gasteiger partial charge in [0.2, 0.25) is 0 Å². The number of nitro groups is 1. The first-order valence-corrected chi connectivity index (χ1v) is 3.24. The summed E-state index contributed by atoms with van der Waals surface area (Å²) in [6.45, 7) is -0.721. The molecule has 0 unspecified atom stereocenters. The Morgan fingerprint density at radius 2 is 2.25 bits per heavy atom. The maximum Gasteiger partial charge on any atom is 0.292 e. The molecule has 0 fully saturated rings. The molecule has 0 atom stereocenters. The molecule has 0 aliphatic carbocycles. The number of nitrogen functional groups attached to an aromatic ring is 1. The summed E-state index contributed by atoms with van der Waals surface area (Å²) < 4.78 is 12.0. The summed E-state index contributed by atoms with van der Waals surface area (Å²) in [7, 11) is 0. The van der Waals surface area contributed by atoms with Crippen LogP contribution in [0.15, 0.2) is 18.2 Å². The van der Waals surface area contributed by atoms with Crippen molar-refractivity contribution in [2.75, 3.05) is 5.73 Å². The minimum absolute atomic E-state index is 0.0530. The average molecular weight is 170 g/mol. The molecule has 0 radical (unpaired) electrons. The van der Waals surface area contributed by atoms with Crippen molar-refractivity contribution in [1.82, 2.24) is 0 Å². The van der Waals surface area contributed by atoms with Crippen molar-refractivity contribution in [3.05, 3.63) is 33.9 Å². The summed E-state index contributed by atoms with van der Waals surface area (Å²) in [5, 5.41) is 10.3. The summed E-state index contributed by atoms with van der Waals surface area (Å²) in [5.41, 5.74) is 5.35. The van der Waals surface area contributed by atoms with Gasteiger partial charge in [-0.05, 0) is 11.6 Å². The summed E-state index contributed by atoms with van der Waals surface area (Å²) in [5.74, 6) is 0. The molecule has 0 spiro atoms. The number of nitrogens with zero attached hydrogens (tertiary/aromatic N) is 1. The predicted octanol–water partition coefficient (Wildman–Crippen LogP) is 1.65. The Balaban J connectivity index is 3.17. The van der Waals surface area contributed by atoms with Crippen LogP contribution in [0.5, 0.6) is 0 Å². The number of anilines is 1. The molecule has 1 aromatic carbocycles. The zero-order valence-electron chi connectivity index (χ0n) is 6.16. The Labute approximate surface area is 68.0 Å². The van der Waals surface area contributed by atoms with E-state index in [1.807, 2.05) is 0 Å². The number of alkyl halides is 1. The normalized spacial score (nSPS) is 9.75. The fourth-order valence-electron chi connectivity index (χ4n) is 0.830. The molecule has 0 aliphatic rings. The molecule has 0 bridgehead atoms. The molecule has 12 heavy (non-hydrogen) atoms. The maximum absolute atomic E-state index is 12.0. The first-order valence-electron chi connectivity index (χ1n) is 3.24. The van der Waals surface area contributed by atoms with Crippen LogP contribution in [0.1, 0.15) is 5.56 Å². The molecular formula is C7H7FN2O2. The van der Waals surface area contributed by atoms with Gasteiger partial charge in [0, 0.05) is 6.07 Å². The van der Waals surface area contributed by atoms with E-state index in [0.29, 0.717) is 0 Å². The Morgan fingerprint density at radius 3 is 2.75 bits per heavy atom. The van der Waals surface area contributed by atoms with Gasteiger partial charge >= 0.3 is 0 Å². The number of nitrogens with two attached hydrogens (primary N) is 1. The molecule has 0 saturated carbocycles. The lowest BCUT2D eigenvalue weighted by Crippen LogP contribution is -1.96. The van der Waals surface area contributed by atoms with E-state index < -0.39 is 11.6 Å². The van der Waals surface area contributed by atoms with Crippen LogP contribution in [0.4, 0.5) is 15.8 Å². The Hall–Kier alpha value is -1.65. The third kappa shape index (κ3) is 1.50. The third-order valence-electron chi connectivity index (χ3n) is 1.45. The van der Waals surface area contributed by atoms with Crippen LogP contribution in [0.3, 0.4) is 0 Å². The highest BCUT2D eigenvalue weighted by molar-refractivity contribution is 5.58. The summed E-state index contributed by atoms with van der Waals surface area (Å²) in [6.07, 6.45) is 0. The Kier molecular flexibility index (Phi) is 2.23. The molecule has 0 aromatic heterocycles. The van der Waals surface area contributed by atoms with Crippen molar-refractivity contribution in [3.8, 4) is 0 Å². The van der Waals surface area contributed by atoms with E-state index in [1.165, 1.54) is 12.1 Å². The lowest BCUT2D eigenvalue weighted by Gasteiger charge is -1.97. The van der Waals surface area contributed by atoms with E-state index in [2.05, 4.69) is 0 Å². The Morgan fingerprint density at radius 1 is 1.58 bits per heavy atom. The van der Waals surface area contributed by atoms with Crippen molar-refractivity contribution in [3.63, 3.8) is 0 Å². The number of nitro benzene ring substituents is 1. The lowest BCUT2D eigenvalue weighted by molar-refractivity contribution is -0.384. The van der Waals surface area contributed by atoms with Gasteiger partial charge in [-0.2, -0.15) is 0 Å². The summed E-state index contributed by atoms with van der Waals surface area (Å²) >= 11 is 0. The molecule has 0 aliphatic heterocycles. The van der Waals surface area contributed by atoms with Crippen molar-refractivity contribution in [2.45, 2.75) is 6.67 Å². The molecule has 4 nitrogen and oxygen atoms in total. The van der Waals surface area contributed by atoms with Gasteiger partial charge in [-0.3, -0.25) is 10.1 Å². The summed E-state index contributed by atoms with van der Waals surface area (Å²) in [6, 6.07) is 3.88. The van der Waals surface area contributed by atoms with Crippen LogP contribution in [0, 0.1) is 10.1 Å². The van der Waals surface area contributed by atoms with E-state index in [-0.39, 0.29) is 16.9 Å². The first kappa shape index (κ1) is 8.45. The largest absolute Gasteiger partial charge is 0.393 e. The monoisotopic (exact) mass is 170 g/mol. The van der Waals surface area contributed by atoms with E-state index >= 15 is 0 Å². The van der Waals surface area contributed by atoms with Crippen LogP contribution >= 0.6 is 0 Å². The molecule has 1 aromatic rings. The second kappa shape index (κ2) is 3.17. The Bertz CT molecular complexity index is 314. The zero-order valence-corrected chi connectivity index (χ0v) is 6.16. The van der Waals surface area contributed by atoms with Gasteiger partial charge in [0.15, 0.2) is 0 Å². The van der Waals surface area contributed by atoms with E-state index in [0.717, 1.165) is 6.07 Å². The van der Waals surface area contributed by atoms with Crippen LogP contribution in [0.25, 0.3) is 0 Å². The average Bonchev–Trinajstić information content (AvgIpc) is 2.05. The molecule has 0 saturated heterocycles. The molecular weight excluding hydrogens is 163 g/mol. The maximum atomic E-state index is 12.0. The summed E-state index contributed by atoms with van der Waals surface area (Å²) in [4.78, 5) is 9.66. The number of halogens is 1. The minimum Gasteiger partial charge on any atom is -0.393 e. The third-order valence-corrected chi connectivity index (χ3v) is 1.45. The number of hydrogen-bond acceptors (Lipinski definition) is 3. The van der Waals surface area contributed by atoms with Gasteiger partial charge in [-0.15, -0.1) is 0 Å². The zero-order chi connectivity index (χ0) is 9.14. The number of rotatable bonds is 2. The van der Waals surface area contributed by atoms with E-state index in [4.69, 9.17) is 5.73 Å². The van der Waals surface area contributed by atoms with Gasteiger partial charge in [-0.1, -0.05) is 6.07 Å². The lowest BCUT2D eigenvalue weighted by atomic mass is 10.2. The smallest absolute Gasteiger partial charge is 0.292 e. The van der Waals surface area contributed by atoms with Gasteiger partial charge in [0.25, 0.3) is 5.69 Å². The molecule has 0 heterocycles. The van der Waals surface area contributed by atoms with Crippen molar-refractivity contribution in [2.24, 2.45) is 0 Å². The van der Waals surface area contributed by atoms with Gasteiger partial charge < -0.3 is 5.73 Å². The molecule has 2 N–H and O–H groups in total. The first-order chi connectivity index (χ1) is 5.65. The second-order valence-corrected chi connectivity index (χ2v) is 2.28. The topological polar surface area (TPSA) is 69.2 Å².